The van der Waals surface area contributed by atoms with Gasteiger partial charge in [-0.3, -0.25) is 0 Å². The highest BCUT2D eigenvalue weighted by molar-refractivity contribution is 9.10. The number of aliphatic hydroxyl groups excluding tert-OH is 1. The molecule has 0 spiro atoms. The van der Waals surface area contributed by atoms with Crippen LogP contribution in [0.3, 0.4) is 0 Å². The van der Waals surface area contributed by atoms with E-state index in [9.17, 15) is 9.50 Å². The van der Waals surface area contributed by atoms with E-state index in [0.717, 1.165) is 11.1 Å². The molecular weight excluding hydrogens is 311 g/mol. The van der Waals surface area contributed by atoms with Crippen LogP contribution in [0.5, 0.6) is 0 Å². The van der Waals surface area contributed by atoms with Crippen LogP contribution >= 0.6 is 15.9 Å². The van der Waals surface area contributed by atoms with E-state index >= 15 is 0 Å². The van der Waals surface area contributed by atoms with Crippen LogP contribution in [-0.2, 0) is 18.0 Å². The Hall–Kier alpha value is -1.23. The van der Waals surface area contributed by atoms with Crippen LogP contribution in [0.25, 0.3) is 0 Å². The van der Waals surface area contributed by atoms with Crippen molar-refractivity contribution in [2.75, 3.05) is 0 Å². The maximum atomic E-state index is 14.0. The predicted molar refractivity (Wildman–Crippen MR) is 73.1 cm³/mol. The zero-order chi connectivity index (χ0) is 13.4. The number of halogens is 2. The second kappa shape index (κ2) is 5.04. The van der Waals surface area contributed by atoms with Gasteiger partial charge in [0.05, 0.1) is 17.7 Å². The van der Waals surface area contributed by atoms with Crippen LogP contribution in [0, 0.1) is 5.82 Å². The number of rotatable bonds is 2. The van der Waals surface area contributed by atoms with Gasteiger partial charge in [0.15, 0.2) is 0 Å². The first kappa shape index (κ1) is 12.8. The highest BCUT2D eigenvalue weighted by atomic mass is 79.9. The van der Waals surface area contributed by atoms with Crippen LogP contribution in [0.15, 0.2) is 40.9 Å². The van der Waals surface area contributed by atoms with Crippen molar-refractivity contribution in [2.24, 2.45) is 0 Å². The molecule has 0 fully saturated rings. The van der Waals surface area contributed by atoms with Crippen molar-refractivity contribution in [1.82, 2.24) is 0 Å². The maximum Gasteiger partial charge on any atom is 0.143 e. The molecule has 0 saturated carbocycles. The summed E-state index contributed by atoms with van der Waals surface area (Å²) in [6.07, 6.45) is -0.969. The summed E-state index contributed by atoms with van der Waals surface area (Å²) in [4.78, 5) is 0. The summed E-state index contributed by atoms with van der Waals surface area (Å²) in [5, 5.41) is 10.3. The first-order chi connectivity index (χ1) is 9.16. The summed E-state index contributed by atoms with van der Waals surface area (Å²) in [6, 6.07) is 10.5. The average Bonchev–Trinajstić information content (AvgIpc) is 2.88. The molecule has 4 heteroatoms. The lowest BCUT2D eigenvalue weighted by Gasteiger charge is -2.14. The molecular formula is C15H12BrFO2. The van der Waals surface area contributed by atoms with Gasteiger partial charge in [-0.2, -0.15) is 0 Å². The largest absolute Gasteiger partial charge is 0.384 e. The Balaban J connectivity index is 2.00. The molecule has 19 heavy (non-hydrogen) atoms. The van der Waals surface area contributed by atoms with Gasteiger partial charge in [-0.1, -0.05) is 30.3 Å². The van der Waals surface area contributed by atoms with E-state index in [0.29, 0.717) is 23.2 Å². The Labute approximate surface area is 119 Å². The van der Waals surface area contributed by atoms with Gasteiger partial charge in [-0.15, -0.1) is 0 Å². The highest BCUT2D eigenvalue weighted by Gasteiger charge is 2.19. The normalized spacial score (nSPS) is 15.3. The third-order valence-electron chi connectivity index (χ3n) is 3.34. The Kier molecular flexibility index (Phi) is 3.39. The number of aliphatic hydroxyl groups is 1. The van der Waals surface area contributed by atoms with Gasteiger partial charge in [-0.05, 0) is 38.7 Å². The highest BCUT2D eigenvalue weighted by Crippen LogP contribution is 2.30. The van der Waals surface area contributed by atoms with Gasteiger partial charge in [0.1, 0.15) is 11.9 Å². The fourth-order valence-corrected chi connectivity index (χ4v) is 2.65. The zero-order valence-electron chi connectivity index (χ0n) is 10.1. The number of benzene rings is 2. The summed E-state index contributed by atoms with van der Waals surface area (Å²) in [7, 11) is 0. The Morgan fingerprint density at radius 1 is 1.16 bits per heavy atom. The van der Waals surface area contributed by atoms with Gasteiger partial charge in [0, 0.05) is 5.56 Å². The van der Waals surface area contributed by atoms with Gasteiger partial charge >= 0.3 is 0 Å². The standard InChI is InChI=1S/C15H12BrFO2/c16-13-3-1-2-12(14(13)17)15(18)9-4-5-10-7-19-8-11(10)6-9/h1-6,15,18H,7-8H2. The minimum Gasteiger partial charge on any atom is -0.384 e. The van der Waals surface area contributed by atoms with E-state index in [1.165, 1.54) is 0 Å². The Bertz CT molecular complexity index is 628. The van der Waals surface area contributed by atoms with Gasteiger partial charge in [0.2, 0.25) is 0 Å². The molecule has 2 aromatic carbocycles. The van der Waals surface area contributed by atoms with E-state index in [1.54, 1.807) is 18.2 Å². The fourth-order valence-electron chi connectivity index (χ4n) is 2.27. The van der Waals surface area contributed by atoms with Gasteiger partial charge in [-0.25, -0.2) is 4.39 Å². The lowest BCUT2D eigenvalue weighted by molar-refractivity contribution is 0.134. The molecule has 0 amide bonds. The Morgan fingerprint density at radius 2 is 1.95 bits per heavy atom. The summed E-state index contributed by atoms with van der Waals surface area (Å²) in [5.41, 5.74) is 3.15. The van der Waals surface area contributed by atoms with Crippen molar-refractivity contribution in [3.05, 3.63) is 68.9 Å². The van der Waals surface area contributed by atoms with Crippen molar-refractivity contribution in [1.29, 1.82) is 0 Å². The van der Waals surface area contributed by atoms with Crippen LogP contribution in [0.2, 0.25) is 0 Å². The van der Waals surface area contributed by atoms with Crippen LogP contribution in [-0.4, -0.2) is 5.11 Å². The smallest absolute Gasteiger partial charge is 0.143 e. The van der Waals surface area contributed by atoms with Crippen molar-refractivity contribution in [3.63, 3.8) is 0 Å². The topological polar surface area (TPSA) is 29.5 Å². The SMILES string of the molecule is OC(c1ccc2c(c1)COC2)c1cccc(Br)c1F. The first-order valence-electron chi connectivity index (χ1n) is 5.98. The third kappa shape index (κ3) is 2.31. The van der Waals surface area contributed by atoms with E-state index in [-0.39, 0.29) is 5.56 Å². The van der Waals surface area contributed by atoms with Crippen molar-refractivity contribution >= 4 is 15.9 Å². The second-order valence-electron chi connectivity index (χ2n) is 4.57. The Morgan fingerprint density at radius 3 is 2.79 bits per heavy atom. The molecule has 3 rings (SSSR count). The molecule has 2 nitrogen and oxygen atoms in total. The molecule has 0 aliphatic carbocycles. The van der Waals surface area contributed by atoms with Gasteiger partial charge < -0.3 is 9.84 Å². The van der Waals surface area contributed by atoms with E-state index in [4.69, 9.17) is 4.74 Å². The maximum absolute atomic E-state index is 14.0. The summed E-state index contributed by atoms with van der Waals surface area (Å²) in [6.45, 7) is 1.16. The van der Waals surface area contributed by atoms with Crippen LogP contribution in [0.4, 0.5) is 4.39 Å². The molecule has 1 aliphatic rings. The van der Waals surface area contributed by atoms with Crippen LogP contribution in [0.1, 0.15) is 28.4 Å². The molecule has 0 aromatic heterocycles. The average molecular weight is 323 g/mol. The number of fused-ring (bicyclic) bond motifs is 1. The lowest BCUT2D eigenvalue weighted by Crippen LogP contribution is -2.03. The molecule has 0 saturated heterocycles. The predicted octanol–water partition coefficient (Wildman–Crippen LogP) is 3.70. The van der Waals surface area contributed by atoms with E-state index in [2.05, 4.69) is 15.9 Å². The molecule has 0 radical (unpaired) electrons. The molecule has 2 aromatic rings. The van der Waals surface area contributed by atoms with Crippen LogP contribution < -0.4 is 0 Å². The van der Waals surface area contributed by atoms with Crippen molar-refractivity contribution in [2.45, 2.75) is 19.3 Å². The number of hydrogen-bond donors (Lipinski definition) is 1. The minimum atomic E-state index is -0.969. The fraction of sp³-hybridized carbons (Fsp3) is 0.200. The molecule has 1 aliphatic heterocycles. The second-order valence-corrected chi connectivity index (χ2v) is 5.42. The minimum absolute atomic E-state index is 0.272. The van der Waals surface area contributed by atoms with E-state index < -0.39 is 11.9 Å². The number of hydrogen-bond acceptors (Lipinski definition) is 2. The summed E-state index contributed by atoms with van der Waals surface area (Å²) >= 11 is 3.13. The third-order valence-corrected chi connectivity index (χ3v) is 3.95. The molecule has 98 valence electrons. The van der Waals surface area contributed by atoms with Gasteiger partial charge in [0.25, 0.3) is 0 Å². The summed E-state index contributed by atoms with van der Waals surface area (Å²) in [5.74, 6) is -0.424. The molecule has 1 atom stereocenters. The molecule has 1 unspecified atom stereocenters. The molecule has 1 N–H and O–H groups in total. The van der Waals surface area contributed by atoms with E-state index in [1.807, 2.05) is 18.2 Å². The number of ether oxygens (including phenoxy) is 1. The first-order valence-corrected chi connectivity index (χ1v) is 6.77. The lowest BCUT2D eigenvalue weighted by atomic mass is 9.97. The monoisotopic (exact) mass is 322 g/mol. The quantitative estimate of drug-likeness (QED) is 0.913. The van der Waals surface area contributed by atoms with Crippen molar-refractivity contribution in [3.8, 4) is 0 Å². The summed E-state index contributed by atoms with van der Waals surface area (Å²) < 4.78 is 19.7. The molecule has 0 bridgehead atoms. The molecule has 1 heterocycles. The van der Waals surface area contributed by atoms with Crippen molar-refractivity contribution < 1.29 is 14.2 Å². The zero-order valence-corrected chi connectivity index (χ0v) is 11.7.